The second kappa shape index (κ2) is 4.88. The van der Waals surface area contributed by atoms with Gasteiger partial charge in [0.1, 0.15) is 5.69 Å². The minimum absolute atomic E-state index is 0.147. The zero-order valence-electron chi connectivity index (χ0n) is 9.01. The van der Waals surface area contributed by atoms with Crippen molar-refractivity contribution < 1.29 is 4.79 Å². The lowest BCUT2D eigenvalue weighted by atomic mass is 10.3. The fraction of sp³-hybridized carbons (Fsp3) is 0.0909. The number of rotatable bonds is 2. The van der Waals surface area contributed by atoms with Crippen molar-refractivity contribution in [2.45, 2.75) is 6.92 Å². The molecule has 0 saturated heterocycles. The number of anilines is 1. The van der Waals surface area contributed by atoms with Crippen LogP contribution in [0.4, 0.5) is 5.82 Å². The van der Waals surface area contributed by atoms with E-state index < -0.39 is 0 Å². The Balaban J connectivity index is 2.20. The first-order chi connectivity index (χ1) is 8.16. The minimum atomic E-state index is -0.365. The van der Waals surface area contributed by atoms with Crippen molar-refractivity contribution in [2.24, 2.45) is 0 Å². The van der Waals surface area contributed by atoms with Crippen molar-refractivity contribution in [3.8, 4) is 0 Å². The Hall–Kier alpha value is -2.01. The topological polar surface area (TPSA) is 67.8 Å². The van der Waals surface area contributed by atoms with E-state index in [0.29, 0.717) is 5.69 Å². The van der Waals surface area contributed by atoms with Crippen LogP contribution in [0.3, 0.4) is 0 Å². The molecule has 1 amide bonds. The number of hydrogen-bond donors (Lipinski definition) is 1. The Morgan fingerprint density at radius 3 is 2.76 bits per heavy atom. The highest BCUT2D eigenvalue weighted by atomic mass is 35.5. The summed E-state index contributed by atoms with van der Waals surface area (Å²) < 4.78 is 0. The van der Waals surface area contributed by atoms with E-state index in [1.54, 1.807) is 12.1 Å². The zero-order chi connectivity index (χ0) is 12.3. The summed E-state index contributed by atoms with van der Waals surface area (Å²) in [6, 6.07) is 5.19. The van der Waals surface area contributed by atoms with Crippen LogP contribution in [-0.2, 0) is 0 Å². The molecule has 0 fully saturated rings. The molecule has 2 heterocycles. The molecule has 0 aliphatic carbocycles. The smallest absolute Gasteiger partial charge is 0.275 e. The average Bonchev–Trinajstić information content (AvgIpc) is 2.32. The average molecular weight is 249 g/mol. The molecule has 0 bridgehead atoms. The molecule has 0 atom stereocenters. The quantitative estimate of drug-likeness (QED) is 0.884. The molecule has 1 N–H and O–H groups in total. The Labute approximate surface area is 103 Å². The van der Waals surface area contributed by atoms with Gasteiger partial charge in [-0.3, -0.25) is 4.79 Å². The number of carbonyl (C=O) groups excluding carboxylic acids is 1. The van der Waals surface area contributed by atoms with Crippen molar-refractivity contribution in [3.05, 3.63) is 47.1 Å². The van der Waals surface area contributed by atoms with Gasteiger partial charge in [-0.25, -0.2) is 15.0 Å². The second-order valence-electron chi connectivity index (χ2n) is 3.31. The standard InChI is InChI=1S/C11H9ClN4O/c1-7-3-2-4-8(15-7)11(17)16-10-9(12)13-5-6-14-10/h2-6H,1H3,(H,14,16,17). The molecule has 0 radical (unpaired) electrons. The molecule has 0 aliphatic rings. The van der Waals surface area contributed by atoms with E-state index in [9.17, 15) is 4.79 Å². The highest BCUT2D eigenvalue weighted by Crippen LogP contribution is 2.14. The fourth-order valence-corrected chi connectivity index (χ4v) is 1.40. The van der Waals surface area contributed by atoms with Gasteiger partial charge in [0, 0.05) is 18.1 Å². The lowest BCUT2D eigenvalue weighted by Crippen LogP contribution is -2.15. The maximum Gasteiger partial charge on any atom is 0.275 e. The van der Waals surface area contributed by atoms with Gasteiger partial charge in [-0.05, 0) is 19.1 Å². The first kappa shape index (κ1) is 11.5. The highest BCUT2D eigenvalue weighted by molar-refractivity contribution is 6.32. The van der Waals surface area contributed by atoms with Crippen LogP contribution in [0.25, 0.3) is 0 Å². The second-order valence-corrected chi connectivity index (χ2v) is 3.67. The van der Waals surface area contributed by atoms with Crippen molar-refractivity contribution in [1.82, 2.24) is 15.0 Å². The van der Waals surface area contributed by atoms with Crippen LogP contribution in [0.1, 0.15) is 16.2 Å². The van der Waals surface area contributed by atoms with Gasteiger partial charge in [0.15, 0.2) is 11.0 Å². The first-order valence-corrected chi connectivity index (χ1v) is 5.26. The third-order valence-electron chi connectivity index (χ3n) is 2.01. The van der Waals surface area contributed by atoms with E-state index in [1.165, 1.54) is 12.4 Å². The van der Waals surface area contributed by atoms with E-state index in [4.69, 9.17) is 11.6 Å². The molecule has 2 aromatic heterocycles. The van der Waals surface area contributed by atoms with Gasteiger partial charge in [-0.1, -0.05) is 17.7 Å². The Kier molecular flexibility index (Phi) is 3.30. The lowest BCUT2D eigenvalue weighted by molar-refractivity contribution is 0.102. The third kappa shape index (κ3) is 2.76. The predicted molar refractivity (Wildman–Crippen MR) is 64.0 cm³/mol. The summed E-state index contributed by atoms with van der Waals surface area (Å²) in [4.78, 5) is 23.6. The Morgan fingerprint density at radius 1 is 1.29 bits per heavy atom. The van der Waals surface area contributed by atoms with Crippen molar-refractivity contribution in [2.75, 3.05) is 5.32 Å². The SMILES string of the molecule is Cc1cccc(C(=O)Nc2nccnc2Cl)n1. The van der Waals surface area contributed by atoms with Gasteiger partial charge < -0.3 is 5.32 Å². The lowest BCUT2D eigenvalue weighted by Gasteiger charge is -2.04. The number of halogens is 1. The summed E-state index contributed by atoms with van der Waals surface area (Å²) in [7, 11) is 0. The van der Waals surface area contributed by atoms with Gasteiger partial charge in [-0.15, -0.1) is 0 Å². The first-order valence-electron chi connectivity index (χ1n) is 4.88. The minimum Gasteiger partial charge on any atom is -0.303 e. The molecule has 0 aromatic carbocycles. The van der Waals surface area contributed by atoms with Crippen LogP contribution in [0.5, 0.6) is 0 Å². The number of nitrogens with one attached hydrogen (secondary N) is 1. The Bertz CT molecular complexity index is 559. The molecule has 6 heteroatoms. The normalized spacial score (nSPS) is 10.0. The maximum absolute atomic E-state index is 11.8. The fourth-order valence-electron chi connectivity index (χ4n) is 1.25. The van der Waals surface area contributed by atoms with Gasteiger partial charge in [-0.2, -0.15) is 0 Å². The van der Waals surface area contributed by atoms with Gasteiger partial charge in [0.25, 0.3) is 5.91 Å². The number of nitrogens with zero attached hydrogens (tertiary/aromatic N) is 3. The van der Waals surface area contributed by atoms with Gasteiger partial charge >= 0.3 is 0 Å². The van der Waals surface area contributed by atoms with E-state index in [0.717, 1.165) is 5.69 Å². The van der Waals surface area contributed by atoms with Crippen LogP contribution in [0.15, 0.2) is 30.6 Å². The largest absolute Gasteiger partial charge is 0.303 e. The number of amides is 1. The van der Waals surface area contributed by atoms with Crippen molar-refractivity contribution in [1.29, 1.82) is 0 Å². The van der Waals surface area contributed by atoms with Crippen molar-refractivity contribution in [3.63, 3.8) is 0 Å². The van der Waals surface area contributed by atoms with Crippen molar-refractivity contribution >= 4 is 23.3 Å². The summed E-state index contributed by atoms with van der Waals surface area (Å²) in [6.07, 6.45) is 2.90. The van der Waals surface area contributed by atoms with Gasteiger partial charge in [0.05, 0.1) is 0 Å². The van der Waals surface area contributed by atoms with Crippen LogP contribution in [0.2, 0.25) is 5.15 Å². The molecular weight excluding hydrogens is 240 g/mol. The number of hydrogen-bond acceptors (Lipinski definition) is 4. The number of aromatic nitrogens is 3. The summed E-state index contributed by atoms with van der Waals surface area (Å²) >= 11 is 5.78. The molecular formula is C11H9ClN4O. The predicted octanol–water partition coefficient (Wildman–Crippen LogP) is 2.09. The van der Waals surface area contributed by atoms with Gasteiger partial charge in [0.2, 0.25) is 0 Å². The van der Waals surface area contributed by atoms with Crippen LogP contribution >= 0.6 is 11.6 Å². The van der Waals surface area contributed by atoms with E-state index >= 15 is 0 Å². The molecule has 0 unspecified atom stereocenters. The molecule has 2 rings (SSSR count). The molecule has 2 aromatic rings. The number of carbonyl (C=O) groups is 1. The molecule has 17 heavy (non-hydrogen) atoms. The zero-order valence-corrected chi connectivity index (χ0v) is 9.77. The van der Waals surface area contributed by atoms with Crippen LogP contribution in [0, 0.1) is 6.92 Å². The maximum atomic E-state index is 11.8. The van der Waals surface area contributed by atoms with E-state index in [-0.39, 0.29) is 16.9 Å². The monoisotopic (exact) mass is 248 g/mol. The molecule has 0 spiro atoms. The molecule has 86 valence electrons. The number of pyridine rings is 1. The highest BCUT2D eigenvalue weighted by Gasteiger charge is 2.10. The Morgan fingerprint density at radius 2 is 2.06 bits per heavy atom. The summed E-state index contributed by atoms with van der Waals surface area (Å²) in [6.45, 7) is 1.81. The summed E-state index contributed by atoms with van der Waals surface area (Å²) in [5.74, 6) is -0.140. The third-order valence-corrected chi connectivity index (χ3v) is 2.28. The van der Waals surface area contributed by atoms with E-state index in [1.807, 2.05) is 13.0 Å². The van der Waals surface area contributed by atoms with Crippen LogP contribution in [-0.4, -0.2) is 20.9 Å². The molecule has 0 aliphatic heterocycles. The summed E-state index contributed by atoms with van der Waals surface area (Å²) in [5, 5.41) is 2.69. The van der Waals surface area contributed by atoms with E-state index in [2.05, 4.69) is 20.3 Å². The molecule has 5 nitrogen and oxygen atoms in total. The number of aryl methyl sites for hydroxylation is 1. The summed E-state index contributed by atoms with van der Waals surface area (Å²) in [5.41, 5.74) is 1.08. The molecule has 0 saturated carbocycles. The van der Waals surface area contributed by atoms with Crippen LogP contribution < -0.4 is 5.32 Å².